The molecule has 0 heterocycles. The third kappa shape index (κ3) is 4.73. The molecule has 22 heavy (non-hydrogen) atoms. The SMILES string of the molecule is CCC1CCC(CCCOCC(F)(F)C(F)(F)C(F)(F)F)C1. The molecule has 0 spiro atoms. The second kappa shape index (κ2) is 7.36. The summed E-state index contributed by atoms with van der Waals surface area (Å²) >= 11 is 0. The van der Waals surface area contributed by atoms with E-state index >= 15 is 0 Å². The van der Waals surface area contributed by atoms with E-state index < -0.39 is 24.6 Å². The van der Waals surface area contributed by atoms with E-state index in [1.54, 1.807) is 0 Å². The van der Waals surface area contributed by atoms with Gasteiger partial charge >= 0.3 is 18.0 Å². The summed E-state index contributed by atoms with van der Waals surface area (Å²) in [6.07, 6.45) is -0.880. The average molecular weight is 338 g/mol. The van der Waals surface area contributed by atoms with Crippen molar-refractivity contribution < 1.29 is 35.5 Å². The Hall–Kier alpha value is -0.530. The fraction of sp³-hybridized carbons (Fsp3) is 1.00. The highest BCUT2D eigenvalue weighted by Gasteiger charge is 2.72. The molecule has 0 saturated heterocycles. The Morgan fingerprint density at radius 2 is 1.55 bits per heavy atom. The van der Waals surface area contributed by atoms with Crippen LogP contribution in [0.25, 0.3) is 0 Å². The van der Waals surface area contributed by atoms with Gasteiger partial charge in [-0.3, -0.25) is 0 Å². The number of rotatable bonds is 8. The van der Waals surface area contributed by atoms with Gasteiger partial charge in [-0.25, -0.2) is 0 Å². The van der Waals surface area contributed by atoms with E-state index in [9.17, 15) is 30.7 Å². The molecule has 0 aliphatic heterocycles. The summed E-state index contributed by atoms with van der Waals surface area (Å²) in [5.41, 5.74) is 0. The van der Waals surface area contributed by atoms with Crippen LogP contribution in [0, 0.1) is 11.8 Å². The van der Waals surface area contributed by atoms with Crippen molar-refractivity contribution in [1.82, 2.24) is 0 Å². The topological polar surface area (TPSA) is 9.23 Å². The van der Waals surface area contributed by atoms with Gasteiger partial charge in [0.15, 0.2) is 0 Å². The summed E-state index contributed by atoms with van der Waals surface area (Å²) in [4.78, 5) is 0. The highest BCUT2D eigenvalue weighted by molar-refractivity contribution is 4.90. The molecule has 1 fully saturated rings. The molecular weight excluding hydrogens is 317 g/mol. The first-order chi connectivity index (χ1) is 10.0. The second-order valence-electron chi connectivity index (χ2n) is 5.92. The molecule has 1 aliphatic carbocycles. The fourth-order valence-corrected chi connectivity index (χ4v) is 2.78. The fourth-order valence-electron chi connectivity index (χ4n) is 2.78. The first-order valence-corrected chi connectivity index (χ1v) is 7.41. The molecule has 2 atom stereocenters. The molecule has 0 amide bonds. The van der Waals surface area contributed by atoms with Crippen molar-refractivity contribution >= 4 is 0 Å². The molecular formula is C14H21F7O. The zero-order chi connectivity index (χ0) is 17.0. The van der Waals surface area contributed by atoms with Crippen molar-refractivity contribution in [2.24, 2.45) is 11.8 Å². The van der Waals surface area contributed by atoms with Gasteiger partial charge in [-0.05, 0) is 31.1 Å². The van der Waals surface area contributed by atoms with Crippen LogP contribution in [0.15, 0.2) is 0 Å². The number of hydrogen-bond acceptors (Lipinski definition) is 1. The molecule has 132 valence electrons. The van der Waals surface area contributed by atoms with Crippen molar-refractivity contribution in [3.63, 3.8) is 0 Å². The minimum atomic E-state index is -6.29. The van der Waals surface area contributed by atoms with E-state index in [0.29, 0.717) is 18.3 Å². The first-order valence-electron chi connectivity index (χ1n) is 7.41. The van der Waals surface area contributed by atoms with Gasteiger partial charge in [-0.15, -0.1) is 0 Å². The van der Waals surface area contributed by atoms with E-state index in [1.807, 2.05) is 0 Å². The van der Waals surface area contributed by atoms with E-state index in [-0.39, 0.29) is 6.61 Å². The zero-order valence-corrected chi connectivity index (χ0v) is 12.4. The molecule has 8 heteroatoms. The average Bonchev–Trinajstić information content (AvgIpc) is 2.84. The van der Waals surface area contributed by atoms with Crippen LogP contribution in [-0.4, -0.2) is 31.2 Å². The minimum Gasteiger partial charge on any atom is -0.375 e. The van der Waals surface area contributed by atoms with Crippen molar-refractivity contribution in [3.8, 4) is 0 Å². The molecule has 0 aromatic heterocycles. The summed E-state index contributed by atoms with van der Waals surface area (Å²) in [6, 6.07) is 0. The maximum Gasteiger partial charge on any atom is 0.459 e. The lowest BCUT2D eigenvalue weighted by Crippen LogP contribution is -2.54. The molecule has 0 N–H and O–H groups in total. The summed E-state index contributed by atoms with van der Waals surface area (Å²) in [7, 11) is 0. The first kappa shape index (κ1) is 19.5. The van der Waals surface area contributed by atoms with Crippen LogP contribution in [0.1, 0.15) is 45.4 Å². The molecule has 1 aliphatic rings. The smallest absolute Gasteiger partial charge is 0.375 e. The summed E-state index contributed by atoms with van der Waals surface area (Å²) in [5, 5.41) is 0. The van der Waals surface area contributed by atoms with Gasteiger partial charge in [0.05, 0.1) is 0 Å². The van der Waals surface area contributed by atoms with Gasteiger partial charge in [-0.1, -0.05) is 26.2 Å². The van der Waals surface area contributed by atoms with Gasteiger partial charge in [0, 0.05) is 6.61 Å². The van der Waals surface area contributed by atoms with Gasteiger partial charge in [-0.2, -0.15) is 30.7 Å². The molecule has 0 aromatic rings. The van der Waals surface area contributed by atoms with Gasteiger partial charge in [0.2, 0.25) is 0 Å². The van der Waals surface area contributed by atoms with Crippen molar-refractivity contribution in [1.29, 1.82) is 0 Å². The molecule has 2 unspecified atom stereocenters. The third-order valence-corrected chi connectivity index (χ3v) is 4.23. The number of halogens is 7. The van der Waals surface area contributed by atoms with Gasteiger partial charge in [0.1, 0.15) is 6.61 Å². The maximum atomic E-state index is 12.9. The summed E-state index contributed by atoms with van der Waals surface area (Å²) in [6.45, 7) is -0.0718. The molecule has 0 aromatic carbocycles. The van der Waals surface area contributed by atoms with E-state index in [1.165, 1.54) is 0 Å². The quantitative estimate of drug-likeness (QED) is 0.423. The highest BCUT2D eigenvalue weighted by atomic mass is 19.4. The van der Waals surface area contributed by atoms with Crippen LogP contribution in [0.2, 0.25) is 0 Å². The lowest BCUT2D eigenvalue weighted by molar-refractivity contribution is -0.361. The molecule has 1 saturated carbocycles. The normalized spacial score (nSPS) is 24.0. The molecule has 1 rings (SSSR count). The van der Waals surface area contributed by atoms with Crippen LogP contribution in [0.3, 0.4) is 0 Å². The van der Waals surface area contributed by atoms with Crippen LogP contribution in [0.4, 0.5) is 30.7 Å². The Morgan fingerprint density at radius 1 is 0.955 bits per heavy atom. The predicted molar refractivity (Wildman–Crippen MR) is 67.1 cm³/mol. The van der Waals surface area contributed by atoms with Crippen molar-refractivity contribution in [3.05, 3.63) is 0 Å². The van der Waals surface area contributed by atoms with Crippen LogP contribution >= 0.6 is 0 Å². The lowest BCUT2D eigenvalue weighted by Gasteiger charge is -2.27. The number of alkyl halides is 7. The number of ether oxygens (including phenoxy) is 1. The van der Waals surface area contributed by atoms with E-state index in [0.717, 1.165) is 32.1 Å². The number of hydrogen-bond donors (Lipinski definition) is 0. The lowest BCUT2D eigenvalue weighted by atomic mass is 9.99. The molecule has 0 bridgehead atoms. The summed E-state index contributed by atoms with van der Waals surface area (Å²) in [5.74, 6) is -10.2. The van der Waals surface area contributed by atoms with Gasteiger partial charge < -0.3 is 4.74 Å². The van der Waals surface area contributed by atoms with E-state index in [2.05, 4.69) is 11.7 Å². The van der Waals surface area contributed by atoms with Crippen molar-refractivity contribution in [2.45, 2.75) is 63.5 Å². The highest BCUT2D eigenvalue weighted by Crippen LogP contribution is 2.46. The zero-order valence-electron chi connectivity index (χ0n) is 12.4. The largest absolute Gasteiger partial charge is 0.459 e. The maximum absolute atomic E-state index is 12.9. The Labute approximate surface area is 125 Å². The van der Waals surface area contributed by atoms with Crippen molar-refractivity contribution in [2.75, 3.05) is 13.2 Å². The third-order valence-electron chi connectivity index (χ3n) is 4.23. The Morgan fingerprint density at radius 3 is 2.05 bits per heavy atom. The standard InChI is InChI=1S/C14H21F7O/c1-2-10-5-6-11(8-10)4-3-7-22-9-12(15,16)13(17,18)14(19,20)21/h10-11H,2-9H2,1H3. The Balaban J connectivity index is 2.26. The Bertz CT molecular complexity index is 341. The van der Waals surface area contributed by atoms with Crippen LogP contribution < -0.4 is 0 Å². The monoisotopic (exact) mass is 338 g/mol. The molecule has 1 nitrogen and oxygen atoms in total. The second-order valence-corrected chi connectivity index (χ2v) is 5.92. The summed E-state index contributed by atoms with van der Waals surface area (Å²) < 4.78 is 91.1. The predicted octanol–water partition coefficient (Wildman–Crippen LogP) is 5.44. The van der Waals surface area contributed by atoms with Gasteiger partial charge in [0.25, 0.3) is 0 Å². The minimum absolute atomic E-state index is 0.239. The van der Waals surface area contributed by atoms with Crippen LogP contribution in [-0.2, 0) is 4.74 Å². The van der Waals surface area contributed by atoms with Crippen LogP contribution in [0.5, 0.6) is 0 Å². The van der Waals surface area contributed by atoms with E-state index in [4.69, 9.17) is 0 Å². The molecule has 0 radical (unpaired) electrons. The Kier molecular flexibility index (Phi) is 6.53.